The molecule has 1 aliphatic rings. The van der Waals surface area contributed by atoms with Crippen molar-refractivity contribution in [2.24, 2.45) is 17.1 Å². The summed E-state index contributed by atoms with van der Waals surface area (Å²) in [6.07, 6.45) is -0.347. The van der Waals surface area contributed by atoms with Crippen LogP contribution in [0, 0.1) is 11.3 Å². The van der Waals surface area contributed by atoms with E-state index in [0.717, 1.165) is 11.1 Å². The van der Waals surface area contributed by atoms with E-state index in [1.54, 1.807) is 11.8 Å². The summed E-state index contributed by atoms with van der Waals surface area (Å²) in [6, 6.07) is 17.7. The van der Waals surface area contributed by atoms with Crippen molar-refractivity contribution in [2.75, 3.05) is 13.7 Å². The molecule has 0 bridgehead atoms. The first-order valence-corrected chi connectivity index (χ1v) is 11.6. The van der Waals surface area contributed by atoms with E-state index in [4.69, 9.17) is 15.2 Å². The first-order valence-electron chi connectivity index (χ1n) is 11.6. The minimum absolute atomic E-state index is 0.233. The van der Waals surface area contributed by atoms with Crippen LogP contribution in [0.3, 0.4) is 0 Å². The lowest BCUT2D eigenvalue weighted by atomic mass is 9.73. The van der Waals surface area contributed by atoms with Crippen molar-refractivity contribution in [1.29, 1.82) is 0 Å². The molecule has 1 amide bonds. The Morgan fingerprint density at radius 1 is 1.03 bits per heavy atom. The summed E-state index contributed by atoms with van der Waals surface area (Å²) in [4.78, 5) is 29.0. The van der Waals surface area contributed by atoms with Gasteiger partial charge < -0.3 is 20.1 Å². The van der Waals surface area contributed by atoms with Gasteiger partial charge in [-0.05, 0) is 23.5 Å². The van der Waals surface area contributed by atoms with Crippen molar-refractivity contribution in [3.05, 3.63) is 71.8 Å². The van der Waals surface area contributed by atoms with E-state index in [-0.39, 0.29) is 23.8 Å². The molecule has 0 aromatic heterocycles. The number of hydrogen-bond donors (Lipinski definition) is 1. The highest BCUT2D eigenvalue weighted by Crippen LogP contribution is 2.47. The minimum atomic E-state index is -0.800. The summed E-state index contributed by atoms with van der Waals surface area (Å²) in [7, 11) is 1.53. The predicted octanol–water partition coefficient (Wildman–Crippen LogP) is 3.75. The number of esters is 1. The van der Waals surface area contributed by atoms with Crippen molar-refractivity contribution in [2.45, 2.75) is 58.3 Å². The monoisotopic (exact) mass is 452 g/mol. The standard InChI is InChI=1S/C27H36N2O4/c1-6-33-26(31)24-21(27(2,3)4)22(28)23(19-15-11-8-12-16-19)29(24)25(30)20(32-5)17-18-13-9-7-10-14-18/h7-16,20-24H,6,17,28H2,1-5H3/t20-,21+,22+,23+,24+/m1/s1. The average Bonchev–Trinajstić information content (AvgIpc) is 3.12. The molecule has 6 nitrogen and oxygen atoms in total. The zero-order valence-corrected chi connectivity index (χ0v) is 20.2. The van der Waals surface area contributed by atoms with Gasteiger partial charge in [-0.25, -0.2) is 4.79 Å². The molecule has 1 fully saturated rings. The second-order valence-electron chi connectivity index (χ2n) is 9.68. The maximum atomic E-state index is 14.0. The summed E-state index contributed by atoms with van der Waals surface area (Å²) >= 11 is 0. The normalized spacial score (nSPS) is 23.9. The lowest BCUT2D eigenvalue weighted by molar-refractivity contribution is -0.160. The van der Waals surface area contributed by atoms with Crippen LogP contribution in [0.1, 0.15) is 44.9 Å². The second kappa shape index (κ2) is 10.5. The molecule has 0 saturated carbocycles. The van der Waals surface area contributed by atoms with Crippen LogP contribution in [0.25, 0.3) is 0 Å². The van der Waals surface area contributed by atoms with Gasteiger partial charge in [0.05, 0.1) is 12.6 Å². The number of carbonyl (C=O) groups is 2. The molecule has 0 spiro atoms. The highest BCUT2D eigenvalue weighted by Gasteiger charge is 2.57. The van der Waals surface area contributed by atoms with Gasteiger partial charge in [0.25, 0.3) is 5.91 Å². The molecule has 1 saturated heterocycles. The molecule has 6 heteroatoms. The zero-order valence-electron chi connectivity index (χ0n) is 20.2. The zero-order chi connectivity index (χ0) is 24.2. The van der Waals surface area contributed by atoms with E-state index in [1.165, 1.54) is 7.11 Å². The SMILES string of the molecule is CCOC(=O)[C@@H]1[C@@H](C(C)(C)C)[C@H](N)[C@H](c2ccccc2)N1C(=O)[C@@H](Cc1ccccc1)OC. The lowest BCUT2D eigenvalue weighted by Crippen LogP contribution is -2.51. The Hall–Kier alpha value is -2.70. The predicted molar refractivity (Wildman–Crippen MR) is 128 cm³/mol. The number of hydrogen-bond acceptors (Lipinski definition) is 5. The van der Waals surface area contributed by atoms with E-state index in [2.05, 4.69) is 20.8 Å². The smallest absolute Gasteiger partial charge is 0.329 e. The quantitative estimate of drug-likeness (QED) is 0.647. The molecule has 33 heavy (non-hydrogen) atoms. The van der Waals surface area contributed by atoms with Crippen LogP contribution in [0.2, 0.25) is 0 Å². The van der Waals surface area contributed by atoms with E-state index in [1.807, 2.05) is 60.7 Å². The van der Waals surface area contributed by atoms with E-state index < -0.39 is 30.2 Å². The molecular weight excluding hydrogens is 416 g/mol. The van der Waals surface area contributed by atoms with Gasteiger partial charge in [0.2, 0.25) is 0 Å². The third-order valence-corrected chi connectivity index (χ3v) is 6.47. The third-order valence-electron chi connectivity index (χ3n) is 6.47. The average molecular weight is 453 g/mol. The number of ether oxygens (including phenoxy) is 2. The number of carbonyl (C=O) groups excluding carboxylic acids is 2. The minimum Gasteiger partial charge on any atom is -0.464 e. The number of nitrogens with zero attached hydrogens (tertiary/aromatic N) is 1. The topological polar surface area (TPSA) is 81.9 Å². The second-order valence-corrected chi connectivity index (χ2v) is 9.68. The maximum absolute atomic E-state index is 14.0. The van der Waals surface area contributed by atoms with Gasteiger partial charge in [-0.3, -0.25) is 4.79 Å². The Bertz CT molecular complexity index is 926. The number of benzene rings is 2. The van der Waals surface area contributed by atoms with Crippen LogP contribution in [0.15, 0.2) is 60.7 Å². The molecule has 2 aromatic rings. The summed E-state index contributed by atoms with van der Waals surface area (Å²) in [5.41, 5.74) is 8.39. The van der Waals surface area contributed by atoms with Crippen molar-refractivity contribution in [3.63, 3.8) is 0 Å². The molecule has 0 aliphatic carbocycles. The molecule has 5 atom stereocenters. The number of nitrogens with two attached hydrogens (primary N) is 1. The molecule has 3 rings (SSSR count). The van der Waals surface area contributed by atoms with Crippen LogP contribution >= 0.6 is 0 Å². The largest absolute Gasteiger partial charge is 0.464 e. The molecule has 2 aromatic carbocycles. The molecule has 0 radical (unpaired) electrons. The van der Waals surface area contributed by atoms with Gasteiger partial charge in [0, 0.05) is 25.5 Å². The summed E-state index contributed by atoms with van der Waals surface area (Å²) in [6.45, 7) is 8.16. The van der Waals surface area contributed by atoms with Crippen molar-refractivity contribution >= 4 is 11.9 Å². The van der Waals surface area contributed by atoms with Crippen LogP contribution in [-0.4, -0.2) is 48.7 Å². The first kappa shape index (κ1) is 24.9. The van der Waals surface area contributed by atoms with Crippen molar-refractivity contribution < 1.29 is 19.1 Å². The van der Waals surface area contributed by atoms with Crippen LogP contribution in [-0.2, 0) is 25.5 Å². The van der Waals surface area contributed by atoms with E-state index >= 15 is 0 Å². The molecule has 1 heterocycles. The number of likely N-dealkylation sites (tertiary alicyclic amines) is 1. The fraction of sp³-hybridized carbons (Fsp3) is 0.481. The Kier molecular flexibility index (Phi) is 7.92. The Morgan fingerprint density at radius 3 is 2.12 bits per heavy atom. The third kappa shape index (κ3) is 5.28. The molecular formula is C27H36N2O4. The molecule has 1 aliphatic heterocycles. The molecule has 2 N–H and O–H groups in total. The van der Waals surface area contributed by atoms with Crippen LogP contribution in [0.4, 0.5) is 0 Å². The van der Waals surface area contributed by atoms with Gasteiger partial charge in [-0.1, -0.05) is 81.4 Å². The Labute approximate surface area is 197 Å². The lowest BCUT2D eigenvalue weighted by Gasteiger charge is -2.35. The molecule has 178 valence electrons. The number of amides is 1. The first-order chi connectivity index (χ1) is 15.7. The van der Waals surface area contributed by atoms with Crippen LogP contribution < -0.4 is 5.73 Å². The number of rotatable bonds is 7. The van der Waals surface area contributed by atoms with E-state index in [9.17, 15) is 9.59 Å². The van der Waals surface area contributed by atoms with Crippen molar-refractivity contribution in [1.82, 2.24) is 4.90 Å². The fourth-order valence-corrected chi connectivity index (χ4v) is 5.05. The maximum Gasteiger partial charge on any atom is 0.329 e. The highest BCUT2D eigenvalue weighted by molar-refractivity contribution is 5.89. The summed E-state index contributed by atoms with van der Waals surface area (Å²) in [5, 5.41) is 0. The van der Waals surface area contributed by atoms with Gasteiger partial charge in [-0.15, -0.1) is 0 Å². The Balaban J connectivity index is 2.09. The van der Waals surface area contributed by atoms with Crippen molar-refractivity contribution in [3.8, 4) is 0 Å². The molecule has 0 unspecified atom stereocenters. The van der Waals surface area contributed by atoms with Gasteiger partial charge in [-0.2, -0.15) is 0 Å². The van der Waals surface area contributed by atoms with E-state index in [0.29, 0.717) is 6.42 Å². The highest BCUT2D eigenvalue weighted by atomic mass is 16.5. The van der Waals surface area contributed by atoms with Gasteiger partial charge >= 0.3 is 5.97 Å². The van der Waals surface area contributed by atoms with Crippen LogP contribution in [0.5, 0.6) is 0 Å². The van der Waals surface area contributed by atoms with Gasteiger partial charge in [0.15, 0.2) is 0 Å². The van der Waals surface area contributed by atoms with Gasteiger partial charge in [0.1, 0.15) is 12.1 Å². The fourth-order valence-electron chi connectivity index (χ4n) is 5.05. The number of methoxy groups -OCH3 is 1. The summed E-state index contributed by atoms with van der Waals surface area (Å²) < 4.78 is 11.1. The Morgan fingerprint density at radius 2 is 1.61 bits per heavy atom. The summed E-state index contributed by atoms with van der Waals surface area (Å²) in [5.74, 6) is -0.968.